The Morgan fingerprint density at radius 2 is 1.94 bits per heavy atom. The average Bonchev–Trinajstić information content (AvgIpc) is 2.30. The summed E-state index contributed by atoms with van der Waals surface area (Å²) in [6.07, 6.45) is 2.64. The Morgan fingerprint density at radius 3 is 2.44 bits per heavy atom. The van der Waals surface area contributed by atoms with Crippen LogP contribution >= 0.6 is 0 Å². The lowest BCUT2D eigenvalue weighted by Gasteiger charge is -2.36. The van der Waals surface area contributed by atoms with Gasteiger partial charge in [0.15, 0.2) is 0 Å². The summed E-state index contributed by atoms with van der Waals surface area (Å²) in [6.45, 7) is 5.07. The van der Waals surface area contributed by atoms with Gasteiger partial charge in [-0.3, -0.25) is 0 Å². The summed E-state index contributed by atoms with van der Waals surface area (Å²) >= 11 is 0. The maximum Gasteiger partial charge on any atom is 0.282 e. The molecule has 0 spiro atoms. The molecular weight excluding hydrogens is 228 g/mol. The number of aliphatic hydroxyl groups is 1. The van der Waals surface area contributed by atoms with Crippen LogP contribution in [0.2, 0.25) is 0 Å². The van der Waals surface area contributed by atoms with Crippen molar-refractivity contribution in [2.75, 3.05) is 26.2 Å². The van der Waals surface area contributed by atoms with Crippen molar-refractivity contribution in [2.45, 2.75) is 39.2 Å². The molecule has 0 amide bonds. The van der Waals surface area contributed by atoms with Gasteiger partial charge < -0.3 is 5.11 Å². The maximum absolute atomic E-state index is 12.3. The van der Waals surface area contributed by atoms with Gasteiger partial charge in [0.1, 0.15) is 0 Å². The largest absolute Gasteiger partial charge is 0.395 e. The van der Waals surface area contributed by atoms with Crippen LogP contribution < -0.4 is 0 Å². The molecule has 16 heavy (non-hydrogen) atoms. The second kappa shape index (κ2) is 5.95. The minimum atomic E-state index is -3.38. The molecule has 1 rings (SSSR count). The summed E-state index contributed by atoms with van der Waals surface area (Å²) in [7, 11) is -3.38. The molecule has 6 heteroatoms. The third kappa shape index (κ3) is 2.74. The molecule has 1 N–H and O–H groups in total. The SMILES string of the molecule is CCN(CC)S(=O)(=O)N1CCCCC1CO. The van der Waals surface area contributed by atoms with Crippen LogP contribution in [-0.2, 0) is 10.2 Å². The molecule has 1 unspecified atom stereocenters. The molecule has 0 radical (unpaired) electrons. The highest BCUT2D eigenvalue weighted by Crippen LogP contribution is 2.22. The fourth-order valence-corrected chi connectivity index (χ4v) is 4.02. The maximum atomic E-state index is 12.3. The van der Waals surface area contributed by atoms with E-state index in [4.69, 9.17) is 0 Å². The van der Waals surface area contributed by atoms with E-state index in [1.807, 2.05) is 13.8 Å². The zero-order chi connectivity index (χ0) is 12.2. The van der Waals surface area contributed by atoms with Gasteiger partial charge in [-0.15, -0.1) is 0 Å². The fourth-order valence-electron chi connectivity index (χ4n) is 2.16. The van der Waals surface area contributed by atoms with Crippen LogP contribution in [-0.4, -0.2) is 54.4 Å². The minimum Gasteiger partial charge on any atom is -0.395 e. The quantitative estimate of drug-likeness (QED) is 0.769. The molecule has 1 aliphatic rings. The first-order valence-electron chi connectivity index (χ1n) is 5.95. The molecule has 0 aliphatic carbocycles. The van der Waals surface area contributed by atoms with Gasteiger partial charge in [-0.05, 0) is 12.8 Å². The summed E-state index contributed by atoms with van der Waals surface area (Å²) < 4.78 is 27.4. The zero-order valence-electron chi connectivity index (χ0n) is 10.1. The Kier molecular flexibility index (Phi) is 5.17. The Labute approximate surface area is 98.2 Å². The smallest absolute Gasteiger partial charge is 0.282 e. The second-order valence-corrected chi connectivity index (χ2v) is 5.92. The first kappa shape index (κ1) is 13.9. The predicted octanol–water partition coefficient (Wildman–Crippen LogP) is 0.420. The van der Waals surface area contributed by atoms with E-state index >= 15 is 0 Å². The van der Waals surface area contributed by atoms with Crippen LogP contribution in [0.25, 0.3) is 0 Å². The van der Waals surface area contributed by atoms with E-state index in [1.54, 1.807) is 0 Å². The normalized spacial score (nSPS) is 23.9. The van der Waals surface area contributed by atoms with Gasteiger partial charge in [-0.1, -0.05) is 20.3 Å². The Bertz CT molecular complexity index is 301. The second-order valence-electron chi connectivity index (χ2n) is 4.03. The first-order valence-corrected chi connectivity index (χ1v) is 7.35. The van der Waals surface area contributed by atoms with E-state index in [0.717, 1.165) is 19.3 Å². The van der Waals surface area contributed by atoms with Crippen LogP contribution in [0.3, 0.4) is 0 Å². The molecule has 0 aromatic heterocycles. The number of rotatable bonds is 5. The van der Waals surface area contributed by atoms with Crippen molar-refractivity contribution in [3.05, 3.63) is 0 Å². The molecule has 0 saturated carbocycles. The lowest BCUT2D eigenvalue weighted by Crippen LogP contribution is -2.51. The van der Waals surface area contributed by atoms with Crippen LogP contribution in [0.5, 0.6) is 0 Å². The molecule has 0 aromatic rings. The van der Waals surface area contributed by atoms with Crippen molar-refractivity contribution < 1.29 is 13.5 Å². The summed E-state index contributed by atoms with van der Waals surface area (Å²) in [5.41, 5.74) is 0. The standard InChI is InChI=1S/C10H22N2O3S/c1-3-11(4-2)16(14,15)12-8-6-5-7-10(12)9-13/h10,13H,3-9H2,1-2H3. The minimum absolute atomic E-state index is 0.0828. The molecule has 0 aromatic carbocycles. The summed E-state index contributed by atoms with van der Waals surface area (Å²) in [6, 6.07) is -0.237. The molecular formula is C10H22N2O3S. The van der Waals surface area contributed by atoms with Gasteiger partial charge in [0.25, 0.3) is 10.2 Å². The monoisotopic (exact) mass is 250 g/mol. The number of nitrogens with zero attached hydrogens (tertiary/aromatic N) is 2. The van der Waals surface area contributed by atoms with Crippen LogP contribution in [0.4, 0.5) is 0 Å². The first-order chi connectivity index (χ1) is 7.57. The van der Waals surface area contributed by atoms with Crippen molar-refractivity contribution in [1.29, 1.82) is 0 Å². The summed E-state index contributed by atoms with van der Waals surface area (Å²) in [4.78, 5) is 0. The molecule has 0 bridgehead atoms. The van der Waals surface area contributed by atoms with Gasteiger partial charge >= 0.3 is 0 Å². The lowest BCUT2D eigenvalue weighted by molar-refractivity contribution is 0.148. The molecule has 1 heterocycles. The van der Waals surface area contributed by atoms with Crippen LogP contribution in [0.1, 0.15) is 33.1 Å². The van der Waals surface area contributed by atoms with E-state index in [0.29, 0.717) is 19.6 Å². The predicted molar refractivity (Wildman–Crippen MR) is 63.3 cm³/mol. The molecule has 1 atom stereocenters. The van der Waals surface area contributed by atoms with Crippen molar-refractivity contribution in [1.82, 2.24) is 8.61 Å². The number of hydrogen-bond donors (Lipinski definition) is 1. The Morgan fingerprint density at radius 1 is 1.31 bits per heavy atom. The zero-order valence-corrected chi connectivity index (χ0v) is 10.9. The Hall–Kier alpha value is -0.170. The molecule has 1 fully saturated rings. The number of hydrogen-bond acceptors (Lipinski definition) is 3. The number of aliphatic hydroxyl groups excluding tert-OH is 1. The average molecular weight is 250 g/mol. The third-order valence-corrected chi connectivity index (χ3v) is 5.35. The fraction of sp³-hybridized carbons (Fsp3) is 1.00. The van der Waals surface area contributed by atoms with E-state index in [-0.39, 0.29) is 12.6 Å². The molecule has 1 saturated heterocycles. The molecule has 1 aliphatic heterocycles. The highest BCUT2D eigenvalue weighted by Gasteiger charge is 2.34. The van der Waals surface area contributed by atoms with Crippen molar-refractivity contribution in [3.8, 4) is 0 Å². The van der Waals surface area contributed by atoms with Gasteiger partial charge in [0.05, 0.1) is 6.61 Å². The van der Waals surface area contributed by atoms with E-state index < -0.39 is 10.2 Å². The third-order valence-electron chi connectivity index (χ3n) is 3.11. The van der Waals surface area contributed by atoms with Gasteiger partial charge in [-0.25, -0.2) is 0 Å². The van der Waals surface area contributed by atoms with Gasteiger partial charge in [0.2, 0.25) is 0 Å². The molecule has 96 valence electrons. The Balaban J connectivity index is 2.87. The van der Waals surface area contributed by atoms with E-state index in [2.05, 4.69) is 0 Å². The number of piperidine rings is 1. The summed E-state index contributed by atoms with van der Waals surface area (Å²) in [5, 5.41) is 9.23. The highest BCUT2D eigenvalue weighted by atomic mass is 32.2. The van der Waals surface area contributed by atoms with Gasteiger partial charge in [0, 0.05) is 25.7 Å². The lowest BCUT2D eigenvalue weighted by atomic mass is 10.1. The van der Waals surface area contributed by atoms with E-state index in [9.17, 15) is 13.5 Å². The topological polar surface area (TPSA) is 60.9 Å². The van der Waals surface area contributed by atoms with Crippen molar-refractivity contribution in [2.24, 2.45) is 0 Å². The van der Waals surface area contributed by atoms with Crippen molar-refractivity contribution >= 4 is 10.2 Å². The van der Waals surface area contributed by atoms with Gasteiger partial charge in [-0.2, -0.15) is 17.0 Å². The highest BCUT2D eigenvalue weighted by molar-refractivity contribution is 7.86. The van der Waals surface area contributed by atoms with Crippen LogP contribution in [0.15, 0.2) is 0 Å². The van der Waals surface area contributed by atoms with Crippen LogP contribution in [0, 0.1) is 0 Å². The summed E-state index contributed by atoms with van der Waals surface area (Å²) in [5.74, 6) is 0. The van der Waals surface area contributed by atoms with Crippen molar-refractivity contribution in [3.63, 3.8) is 0 Å². The molecule has 5 nitrogen and oxygen atoms in total. The van der Waals surface area contributed by atoms with E-state index in [1.165, 1.54) is 8.61 Å².